The predicted molar refractivity (Wildman–Crippen MR) is 74.7 cm³/mol. The van der Waals surface area contributed by atoms with Crippen molar-refractivity contribution in [1.29, 1.82) is 0 Å². The van der Waals surface area contributed by atoms with Crippen LogP contribution in [0.4, 0.5) is 15.8 Å². The lowest BCUT2D eigenvalue weighted by molar-refractivity contribution is 0.102. The number of nitrogens with one attached hydrogen (secondary N) is 1. The van der Waals surface area contributed by atoms with Crippen LogP contribution in [0.1, 0.15) is 21.5 Å². The van der Waals surface area contributed by atoms with E-state index in [0.29, 0.717) is 11.4 Å². The van der Waals surface area contributed by atoms with Gasteiger partial charge in [0.15, 0.2) is 0 Å². The first kappa shape index (κ1) is 13.1. The second-order valence-electron chi connectivity index (χ2n) is 4.51. The van der Waals surface area contributed by atoms with Crippen molar-refractivity contribution in [1.82, 2.24) is 0 Å². The highest BCUT2D eigenvalue weighted by molar-refractivity contribution is 6.05. The highest BCUT2D eigenvalue weighted by Crippen LogP contribution is 2.19. The number of carbonyl (C=O) groups excluding carboxylic acids is 1. The normalized spacial score (nSPS) is 10.3. The van der Waals surface area contributed by atoms with Crippen LogP contribution in [-0.2, 0) is 0 Å². The van der Waals surface area contributed by atoms with Crippen LogP contribution in [0, 0.1) is 19.7 Å². The van der Waals surface area contributed by atoms with Gasteiger partial charge in [-0.3, -0.25) is 4.79 Å². The Kier molecular flexibility index (Phi) is 3.51. The number of amides is 1. The van der Waals surface area contributed by atoms with Gasteiger partial charge in [-0.15, -0.1) is 0 Å². The molecule has 3 N–H and O–H groups in total. The molecule has 0 atom stereocenters. The van der Waals surface area contributed by atoms with Crippen molar-refractivity contribution in [2.24, 2.45) is 0 Å². The van der Waals surface area contributed by atoms with Gasteiger partial charge in [0.25, 0.3) is 5.91 Å². The van der Waals surface area contributed by atoms with Crippen molar-refractivity contribution < 1.29 is 9.18 Å². The van der Waals surface area contributed by atoms with Gasteiger partial charge < -0.3 is 11.1 Å². The van der Waals surface area contributed by atoms with E-state index in [1.165, 1.54) is 12.1 Å². The molecule has 2 rings (SSSR count). The van der Waals surface area contributed by atoms with Crippen molar-refractivity contribution in [2.45, 2.75) is 13.8 Å². The number of nitrogen functional groups attached to an aromatic ring is 1. The van der Waals surface area contributed by atoms with Crippen molar-refractivity contribution in [3.8, 4) is 0 Å². The molecule has 1 amide bonds. The zero-order valence-electron chi connectivity index (χ0n) is 10.8. The summed E-state index contributed by atoms with van der Waals surface area (Å²) < 4.78 is 13.6. The van der Waals surface area contributed by atoms with E-state index in [4.69, 9.17) is 5.73 Å². The van der Waals surface area contributed by atoms with E-state index in [-0.39, 0.29) is 5.56 Å². The monoisotopic (exact) mass is 258 g/mol. The number of benzene rings is 2. The summed E-state index contributed by atoms with van der Waals surface area (Å²) in [7, 11) is 0. The number of nitrogens with two attached hydrogens (primary N) is 1. The second-order valence-corrected chi connectivity index (χ2v) is 4.51. The molecular formula is C15H15FN2O. The molecule has 0 heterocycles. The highest BCUT2D eigenvalue weighted by Gasteiger charge is 2.12. The minimum atomic E-state index is -0.622. The number of rotatable bonds is 2. The fourth-order valence-corrected chi connectivity index (χ4v) is 1.78. The van der Waals surface area contributed by atoms with Crippen LogP contribution in [-0.4, -0.2) is 5.91 Å². The lowest BCUT2D eigenvalue weighted by atomic mass is 10.1. The molecule has 3 nitrogen and oxygen atoms in total. The molecule has 0 aliphatic rings. The third-order valence-electron chi connectivity index (χ3n) is 2.88. The van der Waals surface area contributed by atoms with Crippen molar-refractivity contribution >= 4 is 17.3 Å². The lowest BCUT2D eigenvalue weighted by Crippen LogP contribution is -2.14. The Labute approximate surface area is 111 Å². The van der Waals surface area contributed by atoms with Crippen LogP contribution in [0.2, 0.25) is 0 Å². The SMILES string of the molecule is Cc1ccc(C)c(NC(=O)c2ccc(N)cc2F)c1. The van der Waals surface area contributed by atoms with Gasteiger partial charge in [0.1, 0.15) is 5.82 Å². The number of halogens is 1. The second kappa shape index (κ2) is 5.10. The fraction of sp³-hybridized carbons (Fsp3) is 0.133. The van der Waals surface area contributed by atoms with Gasteiger partial charge in [0.05, 0.1) is 5.56 Å². The quantitative estimate of drug-likeness (QED) is 0.812. The van der Waals surface area contributed by atoms with Gasteiger partial charge in [-0.2, -0.15) is 0 Å². The van der Waals surface area contributed by atoms with Crippen molar-refractivity contribution in [3.05, 3.63) is 58.9 Å². The molecule has 0 saturated carbocycles. The lowest BCUT2D eigenvalue weighted by Gasteiger charge is -2.10. The first-order valence-electron chi connectivity index (χ1n) is 5.91. The number of aryl methyl sites for hydroxylation is 2. The highest BCUT2D eigenvalue weighted by atomic mass is 19.1. The van der Waals surface area contributed by atoms with Crippen LogP contribution < -0.4 is 11.1 Å². The fourth-order valence-electron chi connectivity index (χ4n) is 1.78. The molecular weight excluding hydrogens is 243 g/mol. The van der Waals surface area contributed by atoms with Gasteiger partial charge in [0.2, 0.25) is 0 Å². The van der Waals surface area contributed by atoms with Crippen LogP contribution in [0.3, 0.4) is 0 Å². The van der Waals surface area contributed by atoms with Gasteiger partial charge >= 0.3 is 0 Å². The Morgan fingerprint density at radius 3 is 2.58 bits per heavy atom. The summed E-state index contributed by atoms with van der Waals surface area (Å²) in [5, 5.41) is 2.71. The molecule has 0 aliphatic heterocycles. The van der Waals surface area contributed by atoms with Crippen molar-refractivity contribution in [2.75, 3.05) is 11.1 Å². The summed E-state index contributed by atoms with van der Waals surface area (Å²) >= 11 is 0. The minimum absolute atomic E-state index is 0.0184. The van der Waals surface area contributed by atoms with Crippen LogP contribution in [0.15, 0.2) is 36.4 Å². The molecule has 4 heteroatoms. The van der Waals surface area contributed by atoms with E-state index < -0.39 is 11.7 Å². The van der Waals surface area contributed by atoms with Crippen LogP contribution in [0.5, 0.6) is 0 Å². The summed E-state index contributed by atoms with van der Waals surface area (Å²) in [6.07, 6.45) is 0. The zero-order valence-corrected chi connectivity index (χ0v) is 10.8. The number of anilines is 2. The number of hydrogen-bond acceptors (Lipinski definition) is 2. The molecule has 0 bridgehead atoms. The molecule has 98 valence electrons. The van der Waals surface area contributed by atoms with Crippen LogP contribution >= 0.6 is 0 Å². The summed E-state index contributed by atoms with van der Waals surface area (Å²) in [6.45, 7) is 3.81. The molecule has 0 unspecified atom stereocenters. The predicted octanol–water partition coefficient (Wildman–Crippen LogP) is 3.28. The maximum Gasteiger partial charge on any atom is 0.258 e. The standard InChI is InChI=1S/C15H15FN2O/c1-9-3-4-10(2)14(7-9)18-15(19)12-6-5-11(17)8-13(12)16/h3-8H,17H2,1-2H3,(H,18,19). The number of hydrogen-bond donors (Lipinski definition) is 2. The summed E-state index contributed by atoms with van der Waals surface area (Å²) in [5.74, 6) is -1.10. The smallest absolute Gasteiger partial charge is 0.258 e. The summed E-state index contributed by atoms with van der Waals surface area (Å²) in [4.78, 5) is 12.0. The Morgan fingerprint density at radius 2 is 1.89 bits per heavy atom. The minimum Gasteiger partial charge on any atom is -0.399 e. The summed E-state index contributed by atoms with van der Waals surface area (Å²) in [6, 6.07) is 9.73. The first-order valence-corrected chi connectivity index (χ1v) is 5.91. The molecule has 0 fully saturated rings. The van der Waals surface area contributed by atoms with E-state index >= 15 is 0 Å². The molecule has 2 aromatic carbocycles. The van der Waals surface area contributed by atoms with E-state index in [0.717, 1.165) is 17.2 Å². The zero-order chi connectivity index (χ0) is 14.0. The average molecular weight is 258 g/mol. The van der Waals surface area contributed by atoms with E-state index in [2.05, 4.69) is 5.32 Å². The van der Waals surface area contributed by atoms with Crippen LogP contribution in [0.25, 0.3) is 0 Å². The Hall–Kier alpha value is -2.36. The number of carbonyl (C=O) groups is 1. The molecule has 2 aromatic rings. The largest absolute Gasteiger partial charge is 0.399 e. The summed E-state index contributed by atoms with van der Waals surface area (Å²) in [5.41, 5.74) is 8.36. The van der Waals surface area contributed by atoms with Gasteiger partial charge in [-0.25, -0.2) is 4.39 Å². The Bertz CT molecular complexity index is 638. The topological polar surface area (TPSA) is 55.1 Å². The van der Waals surface area contributed by atoms with Crippen molar-refractivity contribution in [3.63, 3.8) is 0 Å². The average Bonchev–Trinajstić information content (AvgIpc) is 2.33. The van der Waals surface area contributed by atoms with E-state index in [9.17, 15) is 9.18 Å². The van der Waals surface area contributed by atoms with E-state index in [1.54, 1.807) is 0 Å². The van der Waals surface area contributed by atoms with Gasteiger partial charge in [-0.05, 0) is 49.2 Å². The maximum absolute atomic E-state index is 13.6. The molecule has 0 spiro atoms. The maximum atomic E-state index is 13.6. The first-order chi connectivity index (χ1) is 8.97. The molecule has 0 radical (unpaired) electrons. The Balaban J connectivity index is 2.28. The molecule has 19 heavy (non-hydrogen) atoms. The van der Waals surface area contributed by atoms with Gasteiger partial charge in [-0.1, -0.05) is 12.1 Å². The van der Waals surface area contributed by atoms with E-state index in [1.807, 2.05) is 32.0 Å². The molecule has 0 saturated heterocycles. The Morgan fingerprint density at radius 1 is 1.16 bits per heavy atom. The van der Waals surface area contributed by atoms with Gasteiger partial charge in [0, 0.05) is 11.4 Å². The third kappa shape index (κ3) is 2.91. The molecule has 0 aromatic heterocycles. The third-order valence-corrected chi connectivity index (χ3v) is 2.88. The molecule has 0 aliphatic carbocycles.